The van der Waals surface area contributed by atoms with Crippen LogP contribution in [0.15, 0.2) is 35.3 Å². The van der Waals surface area contributed by atoms with Crippen LogP contribution in [0.1, 0.15) is 0 Å². The van der Waals surface area contributed by atoms with Gasteiger partial charge in [-0.1, -0.05) is 6.08 Å². The molecule has 0 aliphatic carbocycles. The normalized spacial score (nSPS) is 9.50. The predicted octanol–water partition coefficient (Wildman–Crippen LogP) is 3.19. The third kappa shape index (κ3) is 2.34. The van der Waals surface area contributed by atoms with Crippen LogP contribution < -0.4 is 5.32 Å². The molecule has 0 saturated carbocycles. The van der Waals surface area contributed by atoms with Crippen LogP contribution in [0.5, 0.6) is 0 Å². The van der Waals surface area contributed by atoms with E-state index in [-0.39, 0.29) is 5.82 Å². The zero-order valence-corrected chi connectivity index (χ0v) is 8.07. The van der Waals surface area contributed by atoms with Gasteiger partial charge in [0.1, 0.15) is 5.82 Å². The van der Waals surface area contributed by atoms with Crippen LogP contribution in [-0.2, 0) is 0 Å². The maximum atomic E-state index is 12.6. The summed E-state index contributed by atoms with van der Waals surface area (Å²) in [6.45, 7) is 4.24. The Morgan fingerprint density at radius 3 is 2.92 bits per heavy atom. The first kappa shape index (κ1) is 9.26. The van der Waals surface area contributed by atoms with Gasteiger partial charge in [0.05, 0.1) is 0 Å². The summed E-state index contributed by atoms with van der Waals surface area (Å²) >= 11 is 3.24. The Morgan fingerprint density at radius 2 is 2.33 bits per heavy atom. The molecule has 0 aliphatic heterocycles. The van der Waals surface area contributed by atoms with Gasteiger partial charge in [-0.3, -0.25) is 0 Å². The maximum Gasteiger partial charge on any atom is 0.124 e. The fraction of sp³-hybridized carbons (Fsp3) is 0.111. The molecule has 0 bridgehead atoms. The van der Waals surface area contributed by atoms with E-state index in [0.717, 1.165) is 10.2 Å². The van der Waals surface area contributed by atoms with Crippen LogP contribution >= 0.6 is 15.9 Å². The van der Waals surface area contributed by atoms with Gasteiger partial charge in [-0.25, -0.2) is 4.39 Å². The SMILES string of the molecule is C=CCNc1ccc(F)cc1Br. The lowest BCUT2D eigenvalue weighted by atomic mass is 10.3. The van der Waals surface area contributed by atoms with Crippen molar-refractivity contribution in [1.82, 2.24) is 0 Å². The molecular formula is C9H9BrFN. The Hall–Kier alpha value is -0.830. The highest BCUT2D eigenvalue weighted by Crippen LogP contribution is 2.22. The zero-order chi connectivity index (χ0) is 8.97. The van der Waals surface area contributed by atoms with Crippen molar-refractivity contribution in [3.63, 3.8) is 0 Å². The minimum atomic E-state index is -0.244. The van der Waals surface area contributed by atoms with Gasteiger partial charge < -0.3 is 5.32 Å². The van der Waals surface area contributed by atoms with E-state index < -0.39 is 0 Å². The number of hydrogen-bond acceptors (Lipinski definition) is 1. The highest BCUT2D eigenvalue weighted by Gasteiger charge is 1.98. The maximum absolute atomic E-state index is 12.6. The minimum Gasteiger partial charge on any atom is -0.381 e. The third-order valence-electron chi connectivity index (χ3n) is 1.37. The molecule has 0 unspecified atom stereocenters. The monoisotopic (exact) mass is 229 g/mol. The molecule has 0 atom stereocenters. The van der Waals surface area contributed by atoms with E-state index in [1.807, 2.05) is 0 Å². The summed E-state index contributed by atoms with van der Waals surface area (Å²) in [5, 5.41) is 3.06. The van der Waals surface area contributed by atoms with Crippen molar-refractivity contribution >= 4 is 21.6 Å². The van der Waals surface area contributed by atoms with E-state index in [4.69, 9.17) is 0 Å². The van der Waals surface area contributed by atoms with Crippen LogP contribution in [0, 0.1) is 5.82 Å². The molecule has 0 spiro atoms. The van der Waals surface area contributed by atoms with Crippen LogP contribution in [0.25, 0.3) is 0 Å². The Labute approximate surface area is 79.4 Å². The Kier molecular flexibility index (Phi) is 3.29. The van der Waals surface area contributed by atoms with E-state index in [1.54, 1.807) is 12.1 Å². The molecule has 12 heavy (non-hydrogen) atoms. The quantitative estimate of drug-likeness (QED) is 0.786. The third-order valence-corrected chi connectivity index (χ3v) is 2.02. The number of rotatable bonds is 3. The van der Waals surface area contributed by atoms with Crippen LogP contribution in [0.4, 0.5) is 10.1 Å². The van der Waals surface area contributed by atoms with Crippen molar-refractivity contribution < 1.29 is 4.39 Å². The number of halogens is 2. The van der Waals surface area contributed by atoms with Gasteiger partial charge >= 0.3 is 0 Å². The average Bonchev–Trinajstić information content (AvgIpc) is 2.03. The summed E-state index contributed by atoms with van der Waals surface area (Å²) in [7, 11) is 0. The predicted molar refractivity (Wildman–Crippen MR) is 52.8 cm³/mol. The molecule has 1 aromatic rings. The largest absolute Gasteiger partial charge is 0.381 e. The summed E-state index contributed by atoms with van der Waals surface area (Å²) in [6.07, 6.45) is 1.75. The molecule has 0 fully saturated rings. The van der Waals surface area contributed by atoms with Crippen molar-refractivity contribution in [3.05, 3.63) is 41.1 Å². The molecule has 0 aromatic heterocycles. The molecule has 64 valence electrons. The minimum absolute atomic E-state index is 0.244. The Morgan fingerprint density at radius 1 is 1.58 bits per heavy atom. The summed E-state index contributed by atoms with van der Waals surface area (Å²) in [5.41, 5.74) is 0.872. The first-order valence-electron chi connectivity index (χ1n) is 3.54. The molecule has 1 nitrogen and oxygen atoms in total. The van der Waals surface area contributed by atoms with Gasteiger partial charge in [0.2, 0.25) is 0 Å². The highest BCUT2D eigenvalue weighted by molar-refractivity contribution is 9.10. The van der Waals surface area contributed by atoms with Crippen molar-refractivity contribution in [3.8, 4) is 0 Å². The van der Waals surface area contributed by atoms with E-state index >= 15 is 0 Å². The van der Waals surface area contributed by atoms with Crippen molar-refractivity contribution in [1.29, 1.82) is 0 Å². The lowest BCUT2D eigenvalue weighted by Crippen LogP contribution is -1.98. The second-order valence-corrected chi connectivity index (χ2v) is 3.15. The lowest BCUT2D eigenvalue weighted by molar-refractivity contribution is 0.627. The molecule has 0 heterocycles. The average molecular weight is 230 g/mol. The van der Waals surface area contributed by atoms with Crippen LogP contribution in [0.2, 0.25) is 0 Å². The van der Waals surface area contributed by atoms with Crippen molar-refractivity contribution in [2.75, 3.05) is 11.9 Å². The summed E-state index contributed by atoms with van der Waals surface area (Å²) in [5.74, 6) is -0.244. The molecule has 1 aromatic carbocycles. The molecule has 0 radical (unpaired) electrons. The molecule has 0 amide bonds. The van der Waals surface area contributed by atoms with Gasteiger partial charge in [0.15, 0.2) is 0 Å². The number of anilines is 1. The fourth-order valence-corrected chi connectivity index (χ4v) is 1.31. The number of benzene rings is 1. The topological polar surface area (TPSA) is 12.0 Å². The van der Waals surface area contributed by atoms with Gasteiger partial charge in [-0.2, -0.15) is 0 Å². The number of nitrogens with one attached hydrogen (secondary N) is 1. The van der Waals surface area contributed by atoms with Gasteiger partial charge in [0, 0.05) is 16.7 Å². The van der Waals surface area contributed by atoms with Crippen LogP contribution in [0.3, 0.4) is 0 Å². The summed E-state index contributed by atoms with van der Waals surface area (Å²) < 4.78 is 13.3. The van der Waals surface area contributed by atoms with E-state index in [1.165, 1.54) is 12.1 Å². The summed E-state index contributed by atoms with van der Waals surface area (Å²) in [4.78, 5) is 0. The smallest absolute Gasteiger partial charge is 0.124 e. The first-order valence-corrected chi connectivity index (χ1v) is 4.33. The van der Waals surface area contributed by atoms with E-state index in [9.17, 15) is 4.39 Å². The first-order chi connectivity index (χ1) is 5.74. The molecule has 1 rings (SSSR count). The molecular weight excluding hydrogens is 221 g/mol. The second-order valence-electron chi connectivity index (χ2n) is 2.29. The lowest BCUT2D eigenvalue weighted by Gasteiger charge is -2.05. The van der Waals surface area contributed by atoms with Gasteiger partial charge in [0.25, 0.3) is 0 Å². The van der Waals surface area contributed by atoms with Crippen LogP contribution in [-0.4, -0.2) is 6.54 Å². The fourth-order valence-electron chi connectivity index (χ4n) is 0.815. The van der Waals surface area contributed by atoms with E-state index in [0.29, 0.717) is 6.54 Å². The van der Waals surface area contributed by atoms with Gasteiger partial charge in [-0.15, -0.1) is 6.58 Å². The number of hydrogen-bond donors (Lipinski definition) is 1. The van der Waals surface area contributed by atoms with Crippen molar-refractivity contribution in [2.45, 2.75) is 0 Å². The highest BCUT2D eigenvalue weighted by atomic mass is 79.9. The molecule has 0 saturated heterocycles. The molecule has 1 N–H and O–H groups in total. The van der Waals surface area contributed by atoms with Crippen molar-refractivity contribution in [2.24, 2.45) is 0 Å². The van der Waals surface area contributed by atoms with E-state index in [2.05, 4.69) is 27.8 Å². The second kappa shape index (κ2) is 4.26. The summed E-state index contributed by atoms with van der Waals surface area (Å²) in [6, 6.07) is 4.52. The Balaban J connectivity index is 2.78. The molecule has 0 aliphatic rings. The van der Waals surface area contributed by atoms with Gasteiger partial charge in [-0.05, 0) is 34.1 Å². The molecule has 3 heteroatoms. The Bertz CT molecular complexity index is 286. The zero-order valence-electron chi connectivity index (χ0n) is 6.48. The standard InChI is InChI=1S/C9H9BrFN/c1-2-5-12-9-4-3-7(11)6-8(9)10/h2-4,6,12H,1,5H2.